The van der Waals surface area contributed by atoms with Crippen LogP contribution in [0.3, 0.4) is 0 Å². The molecule has 39 heavy (non-hydrogen) atoms. The molecular formula is C25H31N7O5S2. The van der Waals surface area contributed by atoms with Crippen LogP contribution in [0, 0.1) is 0 Å². The number of carbonyl (C=O) groups excluding carboxylic acids is 1. The van der Waals surface area contributed by atoms with Gasteiger partial charge in [-0.1, -0.05) is 0 Å². The number of anilines is 1. The maximum Gasteiger partial charge on any atom is 0.280 e. The van der Waals surface area contributed by atoms with E-state index < -0.39 is 16.1 Å². The lowest BCUT2D eigenvalue weighted by atomic mass is 10.1. The number of carbonyl (C=O) groups is 1. The van der Waals surface area contributed by atoms with Crippen molar-refractivity contribution in [2.75, 3.05) is 44.2 Å². The van der Waals surface area contributed by atoms with Crippen LogP contribution in [0.15, 0.2) is 36.9 Å². The lowest BCUT2D eigenvalue weighted by molar-refractivity contribution is 0.0920. The maximum absolute atomic E-state index is 13.4. The first-order valence-corrected chi connectivity index (χ1v) is 15.3. The van der Waals surface area contributed by atoms with Crippen LogP contribution < -0.4 is 14.8 Å². The van der Waals surface area contributed by atoms with E-state index in [-0.39, 0.29) is 16.2 Å². The fourth-order valence-corrected chi connectivity index (χ4v) is 6.33. The number of nitrogens with zero attached hydrogens (tertiary/aromatic N) is 5. The molecule has 0 spiro atoms. The van der Waals surface area contributed by atoms with Crippen molar-refractivity contribution < 1.29 is 22.7 Å². The number of aromatic nitrogens is 4. The van der Waals surface area contributed by atoms with Crippen LogP contribution in [0.5, 0.6) is 5.88 Å². The van der Waals surface area contributed by atoms with Gasteiger partial charge < -0.3 is 14.8 Å². The zero-order chi connectivity index (χ0) is 27.2. The Labute approximate surface area is 231 Å². The summed E-state index contributed by atoms with van der Waals surface area (Å²) in [5, 5.41) is 2.98. The Kier molecular flexibility index (Phi) is 8.65. The van der Waals surface area contributed by atoms with Crippen molar-refractivity contribution in [1.82, 2.24) is 30.2 Å². The summed E-state index contributed by atoms with van der Waals surface area (Å²) in [4.78, 5) is 33.6. The first-order chi connectivity index (χ1) is 18.9. The molecule has 1 amide bonds. The average Bonchev–Trinajstić information content (AvgIpc) is 3.72. The van der Waals surface area contributed by atoms with E-state index >= 15 is 0 Å². The Balaban J connectivity index is 1.35. The summed E-state index contributed by atoms with van der Waals surface area (Å²) >= 11 is 1.20. The molecule has 3 aromatic rings. The molecule has 1 saturated carbocycles. The second-order valence-electron chi connectivity index (χ2n) is 9.31. The summed E-state index contributed by atoms with van der Waals surface area (Å²) in [5.74, 6) is 0.0427. The molecule has 2 aliphatic rings. The third-order valence-corrected chi connectivity index (χ3v) is 9.17. The minimum Gasteiger partial charge on any atom is -0.477 e. The quantitative estimate of drug-likeness (QED) is 0.350. The zero-order valence-corrected chi connectivity index (χ0v) is 23.2. The molecule has 3 aromatic heterocycles. The Bertz CT molecular complexity index is 1390. The van der Waals surface area contributed by atoms with E-state index in [9.17, 15) is 13.2 Å². The van der Waals surface area contributed by atoms with Gasteiger partial charge >= 0.3 is 0 Å². The van der Waals surface area contributed by atoms with Crippen LogP contribution in [0.1, 0.15) is 47.7 Å². The summed E-state index contributed by atoms with van der Waals surface area (Å²) in [6.45, 7) is 5.66. The van der Waals surface area contributed by atoms with E-state index in [1.54, 1.807) is 30.7 Å². The zero-order valence-electron chi connectivity index (χ0n) is 21.6. The fraction of sp³-hybridized carbons (Fsp3) is 0.480. The van der Waals surface area contributed by atoms with Gasteiger partial charge in [-0.2, -0.15) is 0 Å². The van der Waals surface area contributed by atoms with E-state index in [0.717, 1.165) is 19.5 Å². The van der Waals surface area contributed by atoms with Crippen LogP contribution in [-0.2, 0) is 14.8 Å². The Hall–Kier alpha value is -3.20. The van der Waals surface area contributed by atoms with Crippen molar-refractivity contribution in [2.45, 2.75) is 37.5 Å². The van der Waals surface area contributed by atoms with Crippen molar-refractivity contribution >= 4 is 33.0 Å². The van der Waals surface area contributed by atoms with Gasteiger partial charge in [-0.05, 0) is 38.3 Å². The molecule has 2 fully saturated rings. The second kappa shape index (κ2) is 12.3. The molecule has 5 rings (SSSR count). The van der Waals surface area contributed by atoms with Crippen LogP contribution in [0.25, 0.3) is 10.6 Å². The number of rotatable bonds is 11. The Morgan fingerprint density at radius 3 is 2.92 bits per heavy atom. The first kappa shape index (κ1) is 27.4. The van der Waals surface area contributed by atoms with E-state index in [1.165, 1.54) is 17.5 Å². The highest BCUT2D eigenvalue weighted by Gasteiger charge is 2.36. The second-order valence-corrected chi connectivity index (χ2v) is 12.3. The van der Waals surface area contributed by atoms with Crippen molar-refractivity contribution in [3.8, 4) is 16.5 Å². The number of nitrogens with one attached hydrogen (secondary N) is 2. The monoisotopic (exact) mass is 573 g/mol. The lowest BCUT2D eigenvalue weighted by Crippen LogP contribution is -2.39. The lowest BCUT2D eigenvalue weighted by Gasteiger charge is -2.26. The molecule has 14 heteroatoms. The van der Waals surface area contributed by atoms with Gasteiger partial charge in [-0.25, -0.2) is 18.4 Å². The summed E-state index contributed by atoms with van der Waals surface area (Å²) < 4.78 is 38.7. The molecule has 1 aliphatic carbocycles. The van der Waals surface area contributed by atoms with Gasteiger partial charge in [0.1, 0.15) is 5.69 Å². The molecular weight excluding hydrogens is 542 g/mol. The highest BCUT2D eigenvalue weighted by atomic mass is 32.2. The van der Waals surface area contributed by atoms with Crippen molar-refractivity contribution in [3.63, 3.8) is 0 Å². The summed E-state index contributed by atoms with van der Waals surface area (Å²) in [6, 6.07) is 2.79. The molecule has 0 unspecified atom stereocenters. The van der Waals surface area contributed by atoms with Gasteiger partial charge in [-0.3, -0.25) is 24.4 Å². The van der Waals surface area contributed by atoms with E-state index in [2.05, 4.69) is 34.9 Å². The van der Waals surface area contributed by atoms with Gasteiger partial charge in [-0.15, -0.1) is 11.3 Å². The Morgan fingerprint density at radius 1 is 1.23 bits per heavy atom. The molecule has 0 radical (unpaired) electrons. The predicted octanol–water partition coefficient (Wildman–Crippen LogP) is 2.49. The minimum atomic E-state index is -3.43. The molecule has 2 N–H and O–H groups in total. The smallest absolute Gasteiger partial charge is 0.280 e. The molecule has 208 valence electrons. The summed E-state index contributed by atoms with van der Waals surface area (Å²) in [7, 11) is -3.43. The standard InChI is InChI=1S/C25H31N7O5S2/c1-2-37-23-15-26-13-20(29-23)22-14-28-25(38-22)24(33)30-21(16-32-8-3-10-36-11-9-32)19-12-17(6-7-27-19)31-39(34,35)18-4-5-18/h6-7,12-15,18,21H,2-5,8-11,16H2,1H3,(H,27,31)(H,30,33)/t21-/m0/s1. The Morgan fingerprint density at radius 2 is 2.10 bits per heavy atom. The summed E-state index contributed by atoms with van der Waals surface area (Å²) in [6.07, 6.45) is 8.49. The molecule has 12 nitrogen and oxygen atoms in total. The van der Waals surface area contributed by atoms with Crippen molar-refractivity contribution in [1.29, 1.82) is 0 Å². The number of pyridine rings is 1. The largest absolute Gasteiger partial charge is 0.477 e. The maximum atomic E-state index is 13.4. The van der Waals surface area contributed by atoms with Crippen LogP contribution >= 0.6 is 11.3 Å². The molecule has 1 saturated heterocycles. The number of sulfonamides is 1. The fourth-order valence-electron chi connectivity index (χ4n) is 4.18. The van der Waals surface area contributed by atoms with Crippen LogP contribution in [0.4, 0.5) is 5.69 Å². The van der Waals surface area contributed by atoms with Crippen LogP contribution in [0.2, 0.25) is 0 Å². The van der Waals surface area contributed by atoms with Gasteiger partial charge in [0.15, 0.2) is 5.01 Å². The normalized spacial score (nSPS) is 17.3. The third-order valence-electron chi connectivity index (χ3n) is 6.28. The third kappa shape index (κ3) is 7.26. The van der Waals surface area contributed by atoms with Gasteiger partial charge in [0.05, 0.1) is 53.2 Å². The number of hydrogen-bond donors (Lipinski definition) is 2. The molecule has 0 bridgehead atoms. The first-order valence-electron chi connectivity index (χ1n) is 12.9. The molecule has 1 aliphatic heterocycles. The van der Waals surface area contributed by atoms with Gasteiger partial charge in [0.25, 0.3) is 5.91 Å². The molecule has 0 aromatic carbocycles. The average molecular weight is 574 g/mol. The van der Waals surface area contributed by atoms with E-state index in [1.807, 2.05) is 6.92 Å². The van der Waals surface area contributed by atoms with Gasteiger partial charge in [0, 0.05) is 38.6 Å². The van der Waals surface area contributed by atoms with Crippen molar-refractivity contribution in [3.05, 3.63) is 47.6 Å². The van der Waals surface area contributed by atoms with E-state index in [0.29, 0.717) is 67.0 Å². The predicted molar refractivity (Wildman–Crippen MR) is 146 cm³/mol. The number of amides is 1. The topological polar surface area (TPSA) is 149 Å². The highest BCUT2D eigenvalue weighted by Crippen LogP contribution is 2.30. The molecule has 4 heterocycles. The highest BCUT2D eigenvalue weighted by molar-refractivity contribution is 7.93. The van der Waals surface area contributed by atoms with Gasteiger partial charge in [0.2, 0.25) is 15.9 Å². The summed E-state index contributed by atoms with van der Waals surface area (Å²) in [5.41, 5.74) is 1.54. The van der Waals surface area contributed by atoms with Crippen molar-refractivity contribution in [2.24, 2.45) is 0 Å². The number of hydrogen-bond acceptors (Lipinski definition) is 11. The van der Waals surface area contributed by atoms with E-state index in [4.69, 9.17) is 9.47 Å². The number of ether oxygens (including phenoxy) is 2. The SMILES string of the molecule is CCOc1cncc(-c2cnc(C(=O)N[C@@H](CN3CCCOCC3)c3cc(NS(=O)(=O)C4CC4)ccn3)s2)n1. The molecule has 1 atom stereocenters. The minimum absolute atomic E-state index is 0.267. The van der Waals surface area contributed by atoms with Crippen LogP contribution in [-0.4, -0.2) is 83.9 Å². The number of thiazole rings is 1.